The standard InChI is InChI=1S/C18H18F3N5O/c1-11(22)16(14-7-6-12-4-2-3-5-13(12)8-14)24-15(27)9-26-10-23-17(25-26)18(19,20)21/h2-8,10-11,16H,9,22H2,1H3,(H,24,27). The molecule has 0 saturated carbocycles. The second-order valence-electron chi connectivity index (χ2n) is 6.27. The van der Waals surface area contributed by atoms with E-state index in [1.54, 1.807) is 6.92 Å². The Hall–Kier alpha value is -2.94. The molecule has 0 aliphatic carbocycles. The number of nitrogens with two attached hydrogens (primary N) is 1. The van der Waals surface area contributed by atoms with E-state index in [-0.39, 0.29) is 6.54 Å². The second-order valence-corrected chi connectivity index (χ2v) is 6.27. The van der Waals surface area contributed by atoms with Crippen LogP contribution in [-0.2, 0) is 17.5 Å². The van der Waals surface area contributed by atoms with Gasteiger partial charge in [0.25, 0.3) is 5.82 Å². The molecule has 0 fully saturated rings. The number of alkyl halides is 3. The third-order valence-electron chi connectivity index (χ3n) is 4.07. The van der Waals surface area contributed by atoms with Crippen LogP contribution in [0.3, 0.4) is 0 Å². The van der Waals surface area contributed by atoms with Gasteiger partial charge in [0.05, 0.1) is 6.04 Å². The fourth-order valence-electron chi connectivity index (χ4n) is 2.79. The average Bonchev–Trinajstić information content (AvgIpc) is 3.08. The predicted molar refractivity (Wildman–Crippen MR) is 93.5 cm³/mol. The van der Waals surface area contributed by atoms with E-state index in [1.165, 1.54) is 0 Å². The fourth-order valence-corrected chi connectivity index (χ4v) is 2.79. The lowest BCUT2D eigenvalue weighted by Crippen LogP contribution is -2.40. The van der Waals surface area contributed by atoms with Gasteiger partial charge in [-0.1, -0.05) is 36.4 Å². The highest BCUT2D eigenvalue weighted by molar-refractivity contribution is 5.83. The molecule has 2 atom stereocenters. The largest absolute Gasteiger partial charge is 0.453 e. The van der Waals surface area contributed by atoms with Crippen molar-refractivity contribution in [1.82, 2.24) is 20.1 Å². The first-order chi connectivity index (χ1) is 12.7. The number of aromatic nitrogens is 3. The number of amides is 1. The summed E-state index contributed by atoms with van der Waals surface area (Å²) in [5.74, 6) is -1.79. The molecule has 0 aliphatic heterocycles. The molecule has 1 aromatic heterocycles. The van der Waals surface area contributed by atoms with Crippen molar-refractivity contribution in [1.29, 1.82) is 0 Å². The smallest absolute Gasteiger partial charge is 0.346 e. The third kappa shape index (κ3) is 4.43. The normalized spacial score (nSPS) is 14.1. The van der Waals surface area contributed by atoms with Crippen molar-refractivity contribution in [2.75, 3.05) is 0 Å². The van der Waals surface area contributed by atoms with Crippen molar-refractivity contribution in [3.63, 3.8) is 0 Å². The first kappa shape index (κ1) is 18.8. The molecule has 2 aromatic carbocycles. The Morgan fingerprint density at radius 1 is 1.22 bits per heavy atom. The Labute approximate surface area is 153 Å². The number of rotatable bonds is 5. The van der Waals surface area contributed by atoms with Crippen molar-refractivity contribution in [3.05, 3.63) is 60.2 Å². The summed E-state index contributed by atoms with van der Waals surface area (Å²) in [4.78, 5) is 15.5. The molecule has 2 unspecified atom stereocenters. The molecule has 0 bridgehead atoms. The maximum absolute atomic E-state index is 12.5. The lowest BCUT2D eigenvalue weighted by atomic mass is 9.97. The van der Waals surface area contributed by atoms with Crippen molar-refractivity contribution < 1.29 is 18.0 Å². The maximum Gasteiger partial charge on any atom is 0.453 e. The second kappa shape index (κ2) is 7.36. The number of hydrogen-bond acceptors (Lipinski definition) is 4. The van der Waals surface area contributed by atoms with Crippen LogP contribution in [0.15, 0.2) is 48.8 Å². The van der Waals surface area contributed by atoms with E-state index < -0.39 is 30.0 Å². The minimum Gasteiger partial charge on any atom is -0.346 e. The van der Waals surface area contributed by atoms with E-state index >= 15 is 0 Å². The molecule has 3 rings (SSSR count). The highest BCUT2D eigenvalue weighted by Crippen LogP contribution is 2.25. The summed E-state index contributed by atoms with van der Waals surface area (Å²) >= 11 is 0. The van der Waals surface area contributed by atoms with Gasteiger partial charge in [0.1, 0.15) is 12.9 Å². The van der Waals surface area contributed by atoms with Crippen LogP contribution in [0.25, 0.3) is 10.8 Å². The highest BCUT2D eigenvalue weighted by Gasteiger charge is 2.35. The van der Waals surface area contributed by atoms with Gasteiger partial charge in [-0.3, -0.25) is 4.79 Å². The van der Waals surface area contributed by atoms with Gasteiger partial charge in [0, 0.05) is 6.04 Å². The third-order valence-corrected chi connectivity index (χ3v) is 4.07. The molecule has 0 spiro atoms. The Morgan fingerprint density at radius 3 is 2.56 bits per heavy atom. The molecule has 1 amide bonds. The van der Waals surface area contributed by atoms with Crippen LogP contribution < -0.4 is 11.1 Å². The van der Waals surface area contributed by atoms with Gasteiger partial charge in [-0.2, -0.15) is 13.2 Å². The minimum absolute atomic E-state index is 0.389. The Kier molecular flexibility index (Phi) is 5.13. The minimum atomic E-state index is -4.65. The van der Waals surface area contributed by atoms with Gasteiger partial charge in [0.15, 0.2) is 0 Å². The fraction of sp³-hybridized carbons (Fsp3) is 0.278. The predicted octanol–water partition coefficient (Wildman–Crippen LogP) is 2.65. The van der Waals surface area contributed by atoms with E-state index in [0.717, 1.165) is 27.3 Å². The van der Waals surface area contributed by atoms with Gasteiger partial charge in [-0.05, 0) is 29.3 Å². The Balaban J connectivity index is 1.75. The molecule has 3 aromatic rings. The number of fused-ring (bicyclic) bond motifs is 1. The van der Waals surface area contributed by atoms with Gasteiger partial charge >= 0.3 is 6.18 Å². The molecular formula is C18H18F3N5O. The summed E-state index contributed by atoms with van der Waals surface area (Å²) < 4.78 is 38.5. The van der Waals surface area contributed by atoms with E-state index in [0.29, 0.717) is 0 Å². The molecule has 142 valence electrons. The molecule has 6 nitrogen and oxygen atoms in total. The van der Waals surface area contributed by atoms with Crippen molar-refractivity contribution in [2.24, 2.45) is 5.73 Å². The average molecular weight is 377 g/mol. The van der Waals surface area contributed by atoms with Crippen molar-refractivity contribution in [3.8, 4) is 0 Å². The first-order valence-electron chi connectivity index (χ1n) is 8.24. The Morgan fingerprint density at radius 2 is 1.93 bits per heavy atom. The molecule has 0 saturated heterocycles. The number of halogens is 3. The highest BCUT2D eigenvalue weighted by atomic mass is 19.4. The summed E-state index contributed by atoms with van der Waals surface area (Å²) in [6, 6.07) is 12.6. The summed E-state index contributed by atoms with van der Waals surface area (Å²) in [6.07, 6.45) is -3.78. The number of nitrogens with one attached hydrogen (secondary N) is 1. The van der Waals surface area contributed by atoms with Crippen LogP contribution >= 0.6 is 0 Å². The lowest BCUT2D eigenvalue weighted by molar-refractivity contribution is -0.145. The van der Waals surface area contributed by atoms with Gasteiger partial charge in [-0.25, -0.2) is 9.67 Å². The van der Waals surface area contributed by atoms with E-state index in [2.05, 4.69) is 15.4 Å². The maximum atomic E-state index is 12.5. The molecule has 0 radical (unpaired) electrons. The number of benzene rings is 2. The molecular weight excluding hydrogens is 359 g/mol. The monoisotopic (exact) mass is 377 g/mol. The number of carbonyl (C=O) groups excluding carboxylic acids is 1. The van der Waals surface area contributed by atoms with Crippen LogP contribution in [0.5, 0.6) is 0 Å². The zero-order chi connectivity index (χ0) is 19.6. The summed E-state index contributed by atoms with van der Waals surface area (Å²) in [5.41, 5.74) is 6.83. The zero-order valence-corrected chi connectivity index (χ0v) is 14.4. The van der Waals surface area contributed by atoms with E-state index in [4.69, 9.17) is 5.73 Å². The summed E-state index contributed by atoms with van der Waals surface area (Å²) in [6.45, 7) is 1.36. The number of carbonyl (C=O) groups is 1. The van der Waals surface area contributed by atoms with E-state index in [1.807, 2.05) is 42.5 Å². The first-order valence-corrected chi connectivity index (χ1v) is 8.24. The van der Waals surface area contributed by atoms with Gasteiger partial charge < -0.3 is 11.1 Å². The van der Waals surface area contributed by atoms with Crippen molar-refractivity contribution >= 4 is 16.7 Å². The summed E-state index contributed by atoms with van der Waals surface area (Å²) in [7, 11) is 0. The van der Waals surface area contributed by atoms with Crippen LogP contribution in [0.1, 0.15) is 24.4 Å². The SMILES string of the molecule is CC(N)C(NC(=O)Cn1cnc(C(F)(F)F)n1)c1ccc2ccccc2c1. The van der Waals surface area contributed by atoms with Gasteiger partial charge in [0.2, 0.25) is 5.91 Å². The summed E-state index contributed by atoms with van der Waals surface area (Å²) in [5, 5.41) is 8.09. The van der Waals surface area contributed by atoms with Crippen LogP contribution in [-0.4, -0.2) is 26.7 Å². The number of hydrogen-bond donors (Lipinski definition) is 2. The van der Waals surface area contributed by atoms with Crippen LogP contribution in [0.4, 0.5) is 13.2 Å². The quantitative estimate of drug-likeness (QED) is 0.716. The van der Waals surface area contributed by atoms with Crippen LogP contribution in [0.2, 0.25) is 0 Å². The van der Waals surface area contributed by atoms with E-state index in [9.17, 15) is 18.0 Å². The molecule has 1 heterocycles. The van der Waals surface area contributed by atoms with Crippen LogP contribution in [0, 0.1) is 0 Å². The van der Waals surface area contributed by atoms with Crippen molar-refractivity contribution in [2.45, 2.75) is 31.7 Å². The number of nitrogens with zero attached hydrogens (tertiary/aromatic N) is 3. The lowest BCUT2D eigenvalue weighted by Gasteiger charge is -2.23. The molecule has 0 aliphatic rings. The molecule has 27 heavy (non-hydrogen) atoms. The Bertz CT molecular complexity index is 951. The zero-order valence-electron chi connectivity index (χ0n) is 14.4. The topological polar surface area (TPSA) is 85.8 Å². The molecule has 3 N–H and O–H groups in total. The van der Waals surface area contributed by atoms with Gasteiger partial charge in [-0.15, -0.1) is 5.10 Å². The molecule has 9 heteroatoms.